The lowest BCUT2D eigenvalue weighted by molar-refractivity contribution is -0.119. The topological polar surface area (TPSA) is 40.5 Å². The largest absolute Gasteiger partial charge is 0.385 e. The van der Waals surface area contributed by atoms with Crippen molar-refractivity contribution in [2.75, 3.05) is 11.4 Å². The van der Waals surface area contributed by atoms with E-state index in [4.69, 9.17) is 0 Å². The summed E-state index contributed by atoms with van der Waals surface area (Å²) < 4.78 is 12.9. The van der Waals surface area contributed by atoms with Gasteiger partial charge in [-0.25, -0.2) is 4.39 Å². The maximum absolute atomic E-state index is 12.9. The molecule has 0 aliphatic carbocycles. The molecule has 23 heavy (non-hydrogen) atoms. The SMILES string of the molecule is CC1(O)CCN(C(=O)CCc2ccc(F)cc2)c2ccccc21. The summed E-state index contributed by atoms with van der Waals surface area (Å²) in [5, 5.41) is 10.5. The summed E-state index contributed by atoms with van der Waals surface area (Å²) in [7, 11) is 0. The van der Waals surface area contributed by atoms with E-state index in [9.17, 15) is 14.3 Å². The first-order valence-electron chi connectivity index (χ1n) is 7.84. The van der Waals surface area contributed by atoms with Gasteiger partial charge in [0.05, 0.1) is 5.60 Å². The zero-order valence-electron chi connectivity index (χ0n) is 13.1. The number of nitrogens with zero attached hydrogens (tertiary/aromatic N) is 1. The zero-order chi connectivity index (χ0) is 16.4. The molecule has 1 heterocycles. The Kier molecular flexibility index (Phi) is 4.18. The quantitative estimate of drug-likeness (QED) is 0.943. The number of halogens is 1. The average Bonchev–Trinajstić information content (AvgIpc) is 2.54. The molecule has 0 fully saturated rings. The lowest BCUT2D eigenvalue weighted by atomic mass is 9.87. The Morgan fingerprint density at radius 1 is 1.22 bits per heavy atom. The van der Waals surface area contributed by atoms with Crippen molar-refractivity contribution in [3.63, 3.8) is 0 Å². The molecule has 120 valence electrons. The molecule has 0 aromatic heterocycles. The van der Waals surface area contributed by atoms with Crippen molar-refractivity contribution >= 4 is 11.6 Å². The number of aryl methyl sites for hydroxylation is 1. The Bertz CT molecular complexity index is 710. The van der Waals surface area contributed by atoms with Crippen molar-refractivity contribution in [1.29, 1.82) is 0 Å². The van der Waals surface area contributed by atoms with E-state index in [-0.39, 0.29) is 11.7 Å². The van der Waals surface area contributed by atoms with Crippen LogP contribution >= 0.6 is 0 Å². The third-order valence-electron chi connectivity index (χ3n) is 4.44. The molecule has 0 bridgehead atoms. The van der Waals surface area contributed by atoms with Crippen molar-refractivity contribution in [3.05, 3.63) is 65.5 Å². The molecule has 1 unspecified atom stereocenters. The first-order chi connectivity index (χ1) is 11.0. The molecule has 3 rings (SSSR count). The molecule has 0 spiro atoms. The van der Waals surface area contributed by atoms with Gasteiger partial charge in [0.2, 0.25) is 5.91 Å². The van der Waals surface area contributed by atoms with E-state index in [1.54, 1.807) is 24.0 Å². The molecule has 2 aromatic rings. The normalized spacial score (nSPS) is 20.2. The number of carbonyl (C=O) groups is 1. The predicted molar refractivity (Wildman–Crippen MR) is 87.7 cm³/mol. The van der Waals surface area contributed by atoms with Crippen molar-refractivity contribution in [3.8, 4) is 0 Å². The van der Waals surface area contributed by atoms with Gasteiger partial charge < -0.3 is 10.0 Å². The summed E-state index contributed by atoms with van der Waals surface area (Å²) in [6.45, 7) is 2.29. The Labute approximate surface area is 135 Å². The minimum Gasteiger partial charge on any atom is -0.385 e. The molecule has 4 heteroatoms. The minimum absolute atomic E-state index is 0.0253. The van der Waals surface area contributed by atoms with E-state index in [1.165, 1.54) is 12.1 Å². The van der Waals surface area contributed by atoms with E-state index in [1.807, 2.05) is 24.3 Å². The van der Waals surface area contributed by atoms with E-state index in [0.29, 0.717) is 25.8 Å². The van der Waals surface area contributed by atoms with Crippen molar-refractivity contribution in [2.45, 2.75) is 31.8 Å². The van der Waals surface area contributed by atoms with Gasteiger partial charge in [0.25, 0.3) is 0 Å². The Balaban J connectivity index is 1.74. The van der Waals surface area contributed by atoms with E-state index >= 15 is 0 Å². The number of hydrogen-bond acceptors (Lipinski definition) is 2. The van der Waals surface area contributed by atoms with Crippen LogP contribution in [0.1, 0.15) is 30.9 Å². The standard InChI is InChI=1S/C19H20FNO2/c1-19(23)12-13-21(17-5-3-2-4-16(17)19)18(22)11-8-14-6-9-15(20)10-7-14/h2-7,9-10,23H,8,11-13H2,1H3. The van der Waals surface area contributed by atoms with Crippen LogP contribution in [0.4, 0.5) is 10.1 Å². The van der Waals surface area contributed by atoms with Crippen LogP contribution in [0.2, 0.25) is 0 Å². The van der Waals surface area contributed by atoms with Crippen molar-refractivity contribution in [2.24, 2.45) is 0 Å². The molecular formula is C19H20FNO2. The number of benzene rings is 2. The van der Waals surface area contributed by atoms with Crippen molar-refractivity contribution in [1.82, 2.24) is 0 Å². The number of amides is 1. The summed E-state index contributed by atoms with van der Waals surface area (Å²) >= 11 is 0. The molecule has 0 saturated heterocycles. The van der Waals surface area contributed by atoms with Gasteiger partial charge in [-0.2, -0.15) is 0 Å². The molecule has 1 atom stereocenters. The second kappa shape index (κ2) is 6.13. The van der Waals surface area contributed by atoms with Gasteiger partial charge in [-0.3, -0.25) is 4.79 Å². The van der Waals surface area contributed by atoms with Crippen LogP contribution < -0.4 is 4.90 Å². The van der Waals surface area contributed by atoms with Gasteiger partial charge in [0, 0.05) is 24.2 Å². The average molecular weight is 313 g/mol. The third kappa shape index (κ3) is 3.27. The highest BCUT2D eigenvalue weighted by Gasteiger charge is 2.34. The van der Waals surface area contributed by atoms with Crippen LogP contribution in [0.15, 0.2) is 48.5 Å². The summed E-state index contributed by atoms with van der Waals surface area (Å²) in [6, 6.07) is 13.7. The summed E-state index contributed by atoms with van der Waals surface area (Å²) in [6.07, 6.45) is 1.46. The Morgan fingerprint density at radius 3 is 2.65 bits per heavy atom. The summed E-state index contributed by atoms with van der Waals surface area (Å²) in [5.41, 5.74) is 1.62. The van der Waals surface area contributed by atoms with Crippen LogP contribution in [0, 0.1) is 5.82 Å². The number of carbonyl (C=O) groups excluding carboxylic acids is 1. The number of aliphatic hydroxyl groups is 1. The van der Waals surface area contributed by atoms with Crippen LogP contribution in [0.5, 0.6) is 0 Å². The van der Waals surface area contributed by atoms with Gasteiger partial charge in [-0.05, 0) is 43.5 Å². The molecule has 0 saturated carbocycles. The van der Waals surface area contributed by atoms with E-state index < -0.39 is 5.60 Å². The highest BCUT2D eigenvalue weighted by atomic mass is 19.1. The Hall–Kier alpha value is -2.20. The summed E-state index contributed by atoms with van der Waals surface area (Å²) in [4.78, 5) is 14.3. The summed E-state index contributed by atoms with van der Waals surface area (Å²) in [5.74, 6) is -0.246. The highest BCUT2D eigenvalue weighted by molar-refractivity contribution is 5.95. The van der Waals surface area contributed by atoms with Gasteiger partial charge in [-0.1, -0.05) is 30.3 Å². The van der Waals surface area contributed by atoms with Gasteiger partial charge >= 0.3 is 0 Å². The molecular weight excluding hydrogens is 293 g/mol. The molecule has 1 amide bonds. The molecule has 0 radical (unpaired) electrons. The van der Waals surface area contributed by atoms with E-state index in [2.05, 4.69) is 0 Å². The van der Waals surface area contributed by atoms with Gasteiger partial charge in [0.1, 0.15) is 5.82 Å². The smallest absolute Gasteiger partial charge is 0.227 e. The number of rotatable bonds is 3. The maximum Gasteiger partial charge on any atom is 0.227 e. The second-order valence-electron chi connectivity index (χ2n) is 6.21. The van der Waals surface area contributed by atoms with Gasteiger partial charge in [0.15, 0.2) is 0 Å². The molecule has 1 aliphatic heterocycles. The fourth-order valence-electron chi connectivity index (χ4n) is 3.05. The highest BCUT2D eigenvalue weighted by Crippen LogP contribution is 2.38. The Morgan fingerprint density at radius 2 is 1.91 bits per heavy atom. The van der Waals surface area contributed by atoms with E-state index in [0.717, 1.165) is 16.8 Å². The fraction of sp³-hybridized carbons (Fsp3) is 0.316. The lowest BCUT2D eigenvalue weighted by Crippen LogP contribution is -2.42. The predicted octanol–water partition coefficient (Wildman–Crippen LogP) is 3.40. The second-order valence-corrected chi connectivity index (χ2v) is 6.21. The molecule has 2 aromatic carbocycles. The number of para-hydroxylation sites is 1. The van der Waals surface area contributed by atoms with Crippen molar-refractivity contribution < 1.29 is 14.3 Å². The van der Waals surface area contributed by atoms with Crippen LogP contribution in [0.3, 0.4) is 0 Å². The van der Waals surface area contributed by atoms with Crippen LogP contribution in [-0.4, -0.2) is 17.6 Å². The van der Waals surface area contributed by atoms with Crippen LogP contribution in [0.25, 0.3) is 0 Å². The minimum atomic E-state index is -0.898. The third-order valence-corrected chi connectivity index (χ3v) is 4.44. The lowest BCUT2D eigenvalue weighted by Gasteiger charge is -2.38. The zero-order valence-corrected chi connectivity index (χ0v) is 13.1. The number of fused-ring (bicyclic) bond motifs is 1. The number of anilines is 1. The molecule has 1 N–H and O–H groups in total. The monoisotopic (exact) mass is 313 g/mol. The first-order valence-corrected chi connectivity index (χ1v) is 7.84. The fourth-order valence-corrected chi connectivity index (χ4v) is 3.05. The molecule has 1 aliphatic rings. The van der Waals surface area contributed by atoms with Gasteiger partial charge in [-0.15, -0.1) is 0 Å². The maximum atomic E-state index is 12.9. The van der Waals surface area contributed by atoms with Crippen LogP contribution in [-0.2, 0) is 16.8 Å². The first kappa shape index (κ1) is 15.7. The number of hydrogen-bond donors (Lipinski definition) is 1. The molecule has 3 nitrogen and oxygen atoms in total.